The molecule has 0 radical (unpaired) electrons. The van der Waals surface area contributed by atoms with Gasteiger partial charge in [-0.25, -0.2) is 14.0 Å². The van der Waals surface area contributed by atoms with Crippen molar-refractivity contribution in [1.82, 2.24) is 10.2 Å². The van der Waals surface area contributed by atoms with Crippen LogP contribution in [0.25, 0.3) is 0 Å². The van der Waals surface area contributed by atoms with E-state index in [4.69, 9.17) is 9.47 Å². The largest absolute Gasteiger partial charge is 0.487 e. The number of halogens is 1. The number of carbonyl (C=O) groups is 2. The molecule has 0 aromatic heterocycles. The first kappa shape index (κ1) is 21.4. The second-order valence-corrected chi connectivity index (χ2v) is 7.10. The van der Waals surface area contributed by atoms with Gasteiger partial charge in [0.05, 0.1) is 23.9 Å². The van der Waals surface area contributed by atoms with Gasteiger partial charge in [0.1, 0.15) is 18.2 Å². The molecule has 1 atom stereocenters. The maximum atomic E-state index is 14.5. The average molecular weight is 412 g/mol. The summed E-state index contributed by atoms with van der Waals surface area (Å²) in [4.78, 5) is 26.7. The Morgan fingerprint density at radius 1 is 1.20 bits per heavy atom. The number of likely N-dealkylation sites (N-methyl/N-ethyl adjacent to an activating group) is 1. The first-order valence-electron chi connectivity index (χ1n) is 9.72. The van der Waals surface area contributed by atoms with E-state index in [-0.39, 0.29) is 24.4 Å². The third kappa shape index (κ3) is 4.30. The summed E-state index contributed by atoms with van der Waals surface area (Å²) in [5.74, 6) is -0.515. The molecule has 1 N–H and O–H groups in total. The van der Waals surface area contributed by atoms with Gasteiger partial charge >= 0.3 is 12.0 Å². The fourth-order valence-electron chi connectivity index (χ4n) is 3.43. The number of hydrogen-bond acceptors (Lipinski definition) is 4. The van der Waals surface area contributed by atoms with Gasteiger partial charge < -0.3 is 14.8 Å². The molecule has 158 valence electrons. The Hall–Kier alpha value is -3.35. The predicted molar refractivity (Wildman–Crippen MR) is 111 cm³/mol. The van der Waals surface area contributed by atoms with Crippen molar-refractivity contribution in [3.63, 3.8) is 0 Å². The van der Waals surface area contributed by atoms with Crippen molar-refractivity contribution in [3.05, 3.63) is 76.2 Å². The fraction of sp³-hybridized carbons (Fsp3) is 0.304. The maximum absolute atomic E-state index is 14.5. The number of nitrogens with one attached hydrogen (secondary N) is 1. The smallest absolute Gasteiger partial charge is 0.338 e. The summed E-state index contributed by atoms with van der Waals surface area (Å²) >= 11 is 0. The molecule has 1 unspecified atom stereocenters. The first-order chi connectivity index (χ1) is 14.3. The minimum Gasteiger partial charge on any atom is -0.487 e. The molecule has 2 aromatic rings. The molecule has 1 heterocycles. The number of ether oxygens (including phenoxy) is 2. The Morgan fingerprint density at radius 3 is 2.60 bits per heavy atom. The second kappa shape index (κ2) is 8.98. The van der Waals surface area contributed by atoms with Gasteiger partial charge in [-0.3, -0.25) is 4.90 Å². The molecule has 0 saturated carbocycles. The zero-order valence-corrected chi connectivity index (χ0v) is 17.5. The Kier molecular flexibility index (Phi) is 6.40. The molecule has 0 fully saturated rings. The Balaban J connectivity index is 2.06. The van der Waals surface area contributed by atoms with Crippen molar-refractivity contribution >= 4 is 12.0 Å². The minimum atomic E-state index is -0.980. The minimum absolute atomic E-state index is 0.0487. The zero-order valence-electron chi connectivity index (χ0n) is 17.5. The van der Waals surface area contributed by atoms with E-state index in [0.29, 0.717) is 11.4 Å². The molecular formula is C23H25FN2O4. The normalized spacial score (nSPS) is 16.4. The highest BCUT2D eigenvalue weighted by Crippen LogP contribution is 2.33. The van der Waals surface area contributed by atoms with Crippen molar-refractivity contribution in [2.24, 2.45) is 0 Å². The van der Waals surface area contributed by atoms with Gasteiger partial charge in [0.15, 0.2) is 0 Å². The molecule has 0 aliphatic carbocycles. The quantitative estimate of drug-likeness (QED) is 0.728. The summed E-state index contributed by atoms with van der Waals surface area (Å²) in [5.41, 5.74) is 2.69. The van der Waals surface area contributed by atoms with E-state index < -0.39 is 23.9 Å². The van der Waals surface area contributed by atoms with Crippen molar-refractivity contribution in [3.8, 4) is 5.75 Å². The van der Waals surface area contributed by atoms with Crippen LogP contribution in [-0.4, -0.2) is 37.2 Å². The molecule has 0 bridgehead atoms. The van der Waals surface area contributed by atoms with Gasteiger partial charge in [-0.1, -0.05) is 35.9 Å². The summed E-state index contributed by atoms with van der Waals surface area (Å²) in [6, 6.07) is 10.3. The van der Waals surface area contributed by atoms with Crippen molar-refractivity contribution < 1.29 is 23.5 Å². The molecule has 2 aromatic carbocycles. The predicted octanol–water partition coefficient (Wildman–Crippen LogP) is 4.03. The van der Waals surface area contributed by atoms with Crippen LogP contribution in [0.5, 0.6) is 5.75 Å². The lowest BCUT2D eigenvalue weighted by Crippen LogP contribution is -2.48. The highest BCUT2D eigenvalue weighted by molar-refractivity contribution is 5.95. The summed E-state index contributed by atoms with van der Waals surface area (Å²) < 4.78 is 25.7. The van der Waals surface area contributed by atoms with Gasteiger partial charge in [-0.2, -0.15) is 0 Å². The van der Waals surface area contributed by atoms with Crippen LogP contribution in [-0.2, 0) is 9.53 Å². The highest BCUT2D eigenvalue weighted by Gasteiger charge is 2.38. The van der Waals surface area contributed by atoms with Gasteiger partial charge in [-0.15, -0.1) is 0 Å². The van der Waals surface area contributed by atoms with Crippen LogP contribution in [0.15, 0.2) is 53.7 Å². The van der Waals surface area contributed by atoms with Gasteiger partial charge in [0, 0.05) is 12.6 Å². The molecule has 0 spiro atoms. The number of nitrogens with zero attached hydrogens (tertiary/aromatic N) is 1. The number of amides is 2. The third-order valence-corrected chi connectivity index (χ3v) is 4.98. The number of hydrogen-bond donors (Lipinski definition) is 1. The van der Waals surface area contributed by atoms with Crippen molar-refractivity contribution in [2.45, 2.75) is 26.8 Å². The van der Waals surface area contributed by atoms with Crippen molar-refractivity contribution in [2.75, 3.05) is 20.3 Å². The van der Waals surface area contributed by atoms with Gasteiger partial charge in [0.2, 0.25) is 0 Å². The number of rotatable bonds is 6. The standard InChI is InChI=1S/C23H25FN2O4/c1-5-29-22(27)20-18(13-30-19-11-10-14(2)12-15(19)3)26(4)23(28)25-21(20)16-8-6-7-9-17(16)24/h6-12,21H,5,13H2,1-4H3,(H,25,28). The summed E-state index contributed by atoms with van der Waals surface area (Å²) in [7, 11) is 1.53. The lowest BCUT2D eigenvalue weighted by atomic mass is 9.94. The number of aryl methyl sites for hydroxylation is 2. The molecule has 7 heteroatoms. The Morgan fingerprint density at radius 2 is 1.93 bits per heavy atom. The Bertz CT molecular complexity index is 1000. The van der Waals surface area contributed by atoms with E-state index >= 15 is 0 Å². The van der Waals surface area contributed by atoms with E-state index in [1.54, 1.807) is 19.1 Å². The van der Waals surface area contributed by atoms with Crippen LogP contribution in [0, 0.1) is 19.7 Å². The van der Waals surface area contributed by atoms with Crippen LogP contribution in [0.3, 0.4) is 0 Å². The zero-order chi connectivity index (χ0) is 21.8. The number of benzene rings is 2. The first-order valence-corrected chi connectivity index (χ1v) is 9.72. The molecule has 2 amide bonds. The fourth-order valence-corrected chi connectivity index (χ4v) is 3.43. The molecule has 3 rings (SSSR count). The molecule has 1 aliphatic heterocycles. The van der Waals surface area contributed by atoms with Gasteiger partial charge in [-0.05, 0) is 38.5 Å². The van der Waals surface area contributed by atoms with Crippen LogP contribution in [0.2, 0.25) is 0 Å². The number of carbonyl (C=O) groups excluding carboxylic acids is 2. The van der Waals surface area contributed by atoms with Crippen molar-refractivity contribution in [1.29, 1.82) is 0 Å². The highest BCUT2D eigenvalue weighted by atomic mass is 19.1. The topological polar surface area (TPSA) is 67.9 Å². The molecule has 6 nitrogen and oxygen atoms in total. The lowest BCUT2D eigenvalue weighted by molar-refractivity contribution is -0.139. The van der Waals surface area contributed by atoms with Crippen LogP contribution >= 0.6 is 0 Å². The molecule has 0 saturated heterocycles. The summed E-state index contributed by atoms with van der Waals surface area (Å²) in [5, 5.41) is 2.69. The molecule has 30 heavy (non-hydrogen) atoms. The van der Waals surface area contributed by atoms with E-state index in [1.807, 2.05) is 32.0 Å². The molecule has 1 aliphatic rings. The summed E-state index contributed by atoms with van der Waals surface area (Å²) in [6.45, 7) is 5.69. The molecular weight excluding hydrogens is 387 g/mol. The maximum Gasteiger partial charge on any atom is 0.338 e. The number of urea groups is 1. The Labute approximate surface area is 175 Å². The lowest BCUT2D eigenvalue weighted by Gasteiger charge is -2.34. The third-order valence-electron chi connectivity index (χ3n) is 4.98. The van der Waals surface area contributed by atoms with Crippen LogP contribution < -0.4 is 10.1 Å². The van der Waals surface area contributed by atoms with Crippen LogP contribution in [0.4, 0.5) is 9.18 Å². The van der Waals surface area contributed by atoms with E-state index in [2.05, 4.69) is 5.32 Å². The average Bonchev–Trinajstić information content (AvgIpc) is 2.70. The van der Waals surface area contributed by atoms with E-state index in [1.165, 1.54) is 24.1 Å². The SMILES string of the molecule is CCOC(=O)C1=C(COc2ccc(C)cc2C)N(C)C(=O)NC1c1ccccc1F. The monoisotopic (exact) mass is 412 g/mol. The van der Waals surface area contributed by atoms with Crippen LogP contribution in [0.1, 0.15) is 29.7 Å². The van der Waals surface area contributed by atoms with E-state index in [0.717, 1.165) is 11.1 Å². The van der Waals surface area contributed by atoms with Gasteiger partial charge in [0.25, 0.3) is 0 Å². The number of esters is 1. The summed E-state index contributed by atoms with van der Waals surface area (Å²) in [6.07, 6.45) is 0. The van der Waals surface area contributed by atoms with E-state index in [9.17, 15) is 14.0 Å². The second-order valence-electron chi connectivity index (χ2n) is 7.10.